The van der Waals surface area contributed by atoms with E-state index >= 15 is 0 Å². The summed E-state index contributed by atoms with van der Waals surface area (Å²) in [5.41, 5.74) is 3.46. The summed E-state index contributed by atoms with van der Waals surface area (Å²) in [5.74, 6) is -0.152. The van der Waals surface area contributed by atoms with Crippen molar-refractivity contribution in [1.82, 2.24) is 9.78 Å². The maximum atomic E-state index is 13.8. The number of aromatic nitrogens is 2. The molecule has 1 aliphatic rings. The minimum atomic E-state index is -2.61. The van der Waals surface area contributed by atoms with Crippen LogP contribution in [0.2, 0.25) is 5.02 Å². The number of aryl methyl sites for hydroxylation is 1. The minimum absolute atomic E-state index is 0.171. The van der Waals surface area contributed by atoms with Gasteiger partial charge in [0.2, 0.25) is 0 Å². The van der Waals surface area contributed by atoms with E-state index in [1.807, 2.05) is 31.2 Å². The number of nitrogens with one attached hydrogen (secondary N) is 2. The lowest BCUT2D eigenvalue weighted by Gasteiger charge is -2.32. The van der Waals surface area contributed by atoms with Crippen LogP contribution >= 0.6 is 11.6 Å². The molecule has 1 aliphatic heterocycles. The Morgan fingerprint density at radius 2 is 1.97 bits per heavy atom. The van der Waals surface area contributed by atoms with E-state index in [-0.39, 0.29) is 23.8 Å². The summed E-state index contributed by atoms with van der Waals surface area (Å²) in [6.07, 6.45) is -1.11. The molecule has 2 unspecified atom stereocenters. The molecule has 1 amide bonds. The Morgan fingerprint density at radius 3 is 2.67 bits per heavy atom. The summed E-state index contributed by atoms with van der Waals surface area (Å²) < 4.78 is 28.8. The van der Waals surface area contributed by atoms with E-state index in [0.29, 0.717) is 10.7 Å². The lowest BCUT2D eigenvalue weighted by atomic mass is 9.96. The molecule has 2 atom stereocenters. The first-order valence-electron chi connectivity index (χ1n) is 9.60. The normalized spacial score (nSPS) is 18.1. The van der Waals surface area contributed by atoms with Gasteiger partial charge in [-0.1, -0.05) is 47.5 Å². The summed E-state index contributed by atoms with van der Waals surface area (Å²) in [6.45, 7) is 3.76. The van der Waals surface area contributed by atoms with Crippen LogP contribution in [0.5, 0.6) is 0 Å². The van der Waals surface area contributed by atoms with Crippen LogP contribution in [0.4, 0.5) is 20.3 Å². The number of benzene rings is 2. The number of hydrogen-bond acceptors (Lipinski definition) is 3. The van der Waals surface area contributed by atoms with Gasteiger partial charge in [-0.15, -0.1) is 0 Å². The van der Waals surface area contributed by atoms with Crippen molar-refractivity contribution in [3.05, 3.63) is 75.9 Å². The largest absolute Gasteiger partial charge is 0.363 e. The second kappa shape index (κ2) is 8.07. The molecule has 0 aliphatic carbocycles. The molecule has 0 saturated carbocycles. The Kier molecular flexibility index (Phi) is 5.47. The van der Waals surface area contributed by atoms with Gasteiger partial charge < -0.3 is 10.6 Å². The molecule has 3 aromatic rings. The molecule has 0 fully saturated rings. The Labute approximate surface area is 178 Å². The van der Waals surface area contributed by atoms with Crippen LogP contribution in [0.1, 0.15) is 45.6 Å². The molecule has 156 valence electrons. The predicted molar refractivity (Wildman–Crippen MR) is 114 cm³/mol. The Hall–Kier alpha value is -2.93. The average molecular weight is 431 g/mol. The van der Waals surface area contributed by atoms with Crippen molar-refractivity contribution in [3.8, 4) is 0 Å². The molecule has 0 radical (unpaired) electrons. The predicted octanol–water partition coefficient (Wildman–Crippen LogP) is 5.77. The van der Waals surface area contributed by atoms with Gasteiger partial charge >= 0.3 is 0 Å². The van der Waals surface area contributed by atoms with Gasteiger partial charge in [0.05, 0.1) is 12.2 Å². The fraction of sp³-hybridized carbons (Fsp3) is 0.273. The molecule has 2 aromatic carbocycles. The first-order valence-corrected chi connectivity index (χ1v) is 9.98. The molecular formula is C22H21ClF2N4O. The third-order valence-corrected chi connectivity index (χ3v) is 5.84. The first-order chi connectivity index (χ1) is 14.3. The van der Waals surface area contributed by atoms with Crippen LogP contribution in [0.25, 0.3) is 0 Å². The SMILES string of the molecule is Cc1ccc(C2CC(C(F)F)n3ncc(C(=O)Nc4cccc(Cl)c4C)c3N2)cc1. The zero-order valence-electron chi connectivity index (χ0n) is 16.5. The van der Waals surface area contributed by atoms with E-state index in [1.54, 1.807) is 25.1 Å². The fourth-order valence-corrected chi connectivity index (χ4v) is 3.82. The van der Waals surface area contributed by atoms with Crippen LogP contribution in [-0.4, -0.2) is 22.1 Å². The van der Waals surface area contributed by atoms with Crippen LogP contribution in [-0.2, 0) is 0 Å². The number of nitrogens with zero attached hydrogens (tertiary/aromatic N) is 2. The van der Waals surface area contributed by atoms with E-state index in [1.165, 1.54) is 10.9 Å². The average Bonchev–Trinajstić information content (AvgIpc) is 3.15. The Balaban J connectivity index is 1.67. The monoisotopic (exact) mass is 430 g/mol. The van der Waals surface area contributed by atoms with Gasteiger partial charge in [0.1, 0.15) is 17.4 Å². The molecule has 4 rings (SSSR count). The van der Waals surface area contributed by atoms with Crippen LogP contribution in [0, 0.1) is 13.8 Å². The third-order valence-electron chi connectivity index (χ3n) is 5.43. The van der Waals surface area contributed by atoms with Crippen molar-refractivity contribution in [2.24, 2.45) is 0 Å². The smallest absolute Gasteiger partial charge is 0.261 e. The van der Waals surface area contributed by atoms with Gasteiger partial charge in [0, 0.05) is 10.7 Å². The van der Waals surface area contributed by atoms with Crippen LogP contribution in [0.15, 0.2) is 48.7 Å². The Morgan fingerprint density at radius 1 is 1.23 bits per heavy atom. The summed E-state index contributed by atoms with van der Waals surface area (Å²) in [7, 11) is 0. The van der Waals surface area contributed by atoms with Gasteiger partial charge in [-0.2, -0.15) is 5.10 Å². The van der Waals surface area contributed by atoms with Gasteiger partial charge in [-0.05, 0) is 43.5 Å². The highest BCUT2D eigenvalue weighted by molar-refractivity contribution is 6.31. The fourth-order valence-electron chi connectivity index (χ4n) is 3.65. The zero-order chi connectivity index (χ0) is 21.4. The van der Waals surface area contributed by atoms with Gasteiger partial charge in [-0.3, -0.25) is 4.79 Å². The van der Waals surface area contributed by atoms with Crippen molar-refractivity contribution < 1.29 is 13.6 Å². The molecule has 8 heteroatoms. The minimum Gasteiger partial charge on any atom is -0.363 e. The van der Waals surface area contributed by atoms with Crippen LogP contribution < -0.4 is 10.6 Å². The summed E-state index contributed by atoms with van der Waals surface area (Å²) in [5, 5.41) is 10.7. The number of rotatable bonds is 4. The Bertz CT molecular complexity index is 1080. The molecule has 30 heavy (non-hydrogen) atoms. The molecule has 2 heterocycles. The summed E-state index contributed by atoms with van der Waals surface area (Å²) in [6, 6.07) is 11.4. The molecule has 0 bridgehead atoms. The number of carbonyl (C=O) groups excluding carboxylic acids is 1. The quantitative estimate of drug-likeness (QED) is 0.552. The maximum Gasteiger partial charge on any atom is 0.261 e. The third kappa shape index (κ3) is 3.77. The summed E-state index contributed by atoms with van der Waals surface area (Å²) in [4.78, 5) is 12.9. The van der Waals surface area contributed by atoms with Gasteiger partial charge in [0.25, 0.3) is 12.3 Å². The molecule has 2 N–H and O–H groups in total. The van der Waals surface area contributed by atoms with Gasteiger partial charge in [-0.25, -0.2) is 13.5 Å². The van der Waals surface area contributed by atoms with E-state index in [4.69, 9.17) is 11.6 Å². The molecule has 5 nitrogen and oxygen atoms in total. The number of hydrogen-bond donors (Lipinski definition) is 2. The number of fused-ring (bicyclic) bond motifs is 1. The number of carbonyl (C=O) groups is 1. The lowest BCUT2D eigenvalue weighted by molar-refractivity contribution is 0.0657. The number of alkyl halides is 2. The zero-order valence-corrected chi connectivity index (χ0v) is 17.3. The second-order valence-corrected chi connectivity index (χ2v) is 7.87. The maximum absolute atomic E-state index is 13.8. The number of halogens is 3. The number of amides is 1. The highest BCUT2D eigenvalue weighted by atomic mass is 35.5. The van der Waals surface area contributed by atoms with Gasteiger partial charge in [0.15, 0.2) is 0 Å². The van der Waals surface area contributed by atoms with Crippen LogP contribution in [0.3, 0.4) is 0 Å². The van der Waals surface area contributed by atoms with Crippen molar-refractivity contribution >= 4 is 29.0 Å². The standard InChI is InChI=1S/C22H21ClF2N4O/c1-12-6-8-14(9-7-12)18-10-19(20(24)25)29-21(27-18)15(11-26-29)22(30)28-17-5-3-4-16(23)13(17)2/h3-9,11,18-20,27H,10H2,1-2H3,(H,28,30). The molecule has 0 saturated heterocycles. The van der Waals surface area contributed by atoms with Crippen molar-refractivity contribution in [3.63, 3.8) is 0 Å². The highest BCUT2D eigenvalue weighted by Crippen LogP contribution is 2.39. The van der Waals surface area contributed by atoms with E-state index in [0.717, 1.165) is 16.7 Å². The van der Waals surface area contributed by atoms with Crippen molar-refractivity contribution in [2.45, 2.75) is 38.8 Å². The van der Waals surface area contributed by atoms with E-state index < -0.39 is 18.4 Å². The first kappa shape index (κ1) is 20.3. The highest BCUT2D eigenvalue weighted by Gasteiger charge is 2.36. The van der Waals surface area contributed by atoms with Crippen molar-refractivity contribution in [1.29, 1.82) is 0 Å². The van der Waals surface area contributed by atoms with E-state index in [9.17, 15) is 13.6 Å². The van der Waals surface area contributed by atoms with Crippen molar-refractivity contribution in [2.75, 3.05) is 10.6 Å². The lowest BCUT2D eigenvalue weighted by Crippen LogP contribution is -2.31. The topological polar surface area (TPSA) is 59.0 Å². The number of anilines is 2. The summed E-state index contributed by atoms with van der Waals surface area (Å²) >= 11 is 6.13. The molecule has 0 spiro atoms. The second-order valence-electron chi connectivity index (χ2n) is 7.46. The molecule has 1 aromatic heterocycles. The molecular weight excluding hydrogens is 410 g/mol. The van der Waals surface area contributed by atoms with E-state index in [2.05, 4.69) is 15.7 Å².